The highest BCUT2D eigenvalue weighted by molar-refractivity contribution is 6.32. The summed E-state index contributed by atoms with van der Waals surface area (Å²) in [7, 11) is 2.69. The smallest absolute Gasteiger partial charge is 0.343 e. The van der Waals surface area contributed by atoms with Crippen LogP contribution >= 0.6 is 23.2 Å². The van der Waals surface area contributed by atoms with Gasteiger partial charge in [-0.25, -0.2) is 10.2 Å². The van der Waals surface area contributed by atoms with Crippen LogP contribution in [0.2, 0.25) is 10.0 Å². The summed E-state index contributed by atoms with van der Waals surface area (Å²) in [4.78, 5) is 23.2. The summed E-state index contributed by atoms with van der Waals surface area (Å²) in [6.07, 6.45) is 1.58. The molecular formula is C19H18Cl2N2O5. The van der Waals surface area contributed by atoms with Crippen molar-refractivity contribution in [1.82, 2.24) is 5.43 Å². The van der Waals surface area contributed by atoms with Crippen molar-refractivity contribution in [3.8, 4) is 11.5 Å². The molecule has 0 fully saturated rings. The molecule has 148 valence electrons. The van der Waals surface area contributed by atoms with Gasteiger partial charge in [0.1, 0.15) is 0 Å². The fourth-order valence-corrected chi connectivity index (χ4v) is 2.55. The summed E-state index contributed by atoms with van der Waals surface area (Å²) in [5, 5.41) is 4.73. The fraction of sp³-hybridized carbons (Fsp3) is 0.211. The second-order valence-corrected chi connectivity index (χ2v) is 6.34. The molecule has 0 radical (unpaired) electrons. The van der Waals surface area contributed by atoms with Crippen LogP contribution in [0.1, 0.15) is 11.1 Å². The molecule has 2 rings (SSSR count). The van der Waals surface area contributed by atoms with E-state index in [4.69, 9.17) is 32.7 Å². The minimum absolute atomic E-state index is 0.166. The number of hydrogen-bond acceptors (Lipinski definition) is 6. The van der Waals surface area contributed by atoms with Crippen molar-refractivity contribution in [2.75, 3.05) is 20.8 Å². The maximum absolute atomic E-state index is 11.9. The number of nitrogens with zero attached hydrogens (tertiary/aromatic N) is 1. The zero-order chi connectivity index (χ0) is 20.5. The molecule has 0 bridgehead atoms. The molecule has 7 nitrogen and oxygen atoms in total. The lowest BCUT2D eigenvalue weighted by molar-refractivity contribution is -0.142. The number of halogens is 2. The Bertz CT molecular complexity index is 869. The fourth-order valence-electron chi connectivity index (χ4n) is 2.15. The van der Waals surface area contributed by atoms with Gasteiger partial charge >= 0.3 is 5.97 Å². The molecule has 0 atom stereocenters. The topological polar surface area (TPSA) is 86.2 Å². The summed E-state index contributed by atoms with van der Waals surface area (Å²) in [5.74, 6) is -0.314. The summed E-state index contributed by atoms with van der Waals surface area (Å²) in [6, 6.07) is 10.1. The van der Waals surface area contributed by atoms with Gasteiger partial charge in [0, 0.05) is 5.02 Å². The molecule has 9 heteroatoms. The van der Waals surface area contributed by atoms with Gasteiger partial charge in [0.05, 0.1) is 31.9 Å². The van der Waals surface area contributed by atoms with Crippen LogP contribution in [0.5, 0.6) is 11.5 Å². The molecule has 0 aliphatic carbocycles. The van der Waals surface area contributed by atoms with Gasteiger partial charge in [0.2, 0.25) is 5.91 Å². The molecule has 1 N–H and O–H groups in total. The third-order valence-electron chi connectivity index (χ3n) is 3.49. The highest BCUT2D eigenvalue weighted by Gasteiger charge is 2.13. The number of esters is 1. The highest BCUT2D eigenvalue weighted by atomic mass is 35.5. The molecule has 0 saturated heterocycles. The molecule has 2 aromatic carbocycles. The van der Waals surface area contributed by atoms with Crippen molar-refractivity contribution in [2.45, 2.75) is 6.42 Å². The summed E-state index contributed by atoms with van der Waals surface area (Å²) in [6.45, 7) is -0.305. The van der Waals surface area contributed by atoms with Gasteiger partial charge in [0.15, 0.2) is 18.1 Å². The van der Waals surface area contributed by atoms with E-state index in [0.717, 1.165) is 5.56 Å². The Hall–Kier alpha value is -2.77. The average Bonchev–Trinajstić information content (AvgIpc) is 2.68. The summed E-state index contributed by atoms with van der Waals surface area (Å²) in [5.41, 5.74) is 3.82. The van der Waals surface area contributed by atoms with Gasteiger partial charge in [-0.15, -0.1) is 0 Å². The number of methoxy groups -OCH3 is 2. The van der Waals surface area contributed by atoms with Crippen LogP contribution in [0.25, 0.3) is 0 Å². The molecule has 0 aliphatic heterocycles. The van der Waals surface area contributed by atoms with Crippen molar-refractivity contribution in [3.05, 3.63) is 57.6 Å². The number of benzene rings is 2. The SMILES string of the molecule is COC(=O)COc1c(Cl)cc(/C=N/NC(=O)Cc2ccc(Cl)cc2)cc1OC. The predicted octanol–water partition coefficient (Wildman–Crippen LogP) is 3.25. The van der Waals surface area contributed by atoms with Crippen LogP contribution < -0.4 is 14.9 Å². The lowest BCUT2D eigenvalue weighted by Crippen LogP contribution is -2.19. The largest absolute Gasteiger partial charge is 0.493 e. The Labute approximate surface area is 172 Å². The molecule has 0 unspecified atom stereocenters. The van der Waals surface area contributed by atoms with E-state index in [1.165, 1.54) is 20.4 Å². The van der Waals surface area contributed by atoms with E-state index in [9.17, 15) is 9.59 Å². The molecule has 0 aliphatic rings. The number of amides is 1. The highest BCUT2D eigenvalue weighted by Crippen LogP contribution is 2.36. The Kier molecular flexibility index (Phi) is 8.10. The van der Waals surface area contributed by atoms with Crippen molar-refractivity contribution in [2.24, 2.45) is 5.10 Å². The minimum atomic E-state index is -0.549. The van der Waals surface area contributed by atoms with Gasteiger partial charge in [-0.3, -0.25) is 4.79 Å². The van der Waals surface area contributed by atoms with E-state index in [-0.39, 0.29) is 29.7 Å². The number of carbonyl (C=O) groups is 2. The minimum Gasteiger partial charge on any atom is -0.493 e. The van der Waals surface area contributed by atoms with Crippen LogP contribution in [0, 0.1) is 0 Å². The first kappa shape index (κ1) is 21.5. The summed E-state index contributed by atoms with van der Waals surface area (Å²) < 4.78 is 15.1. The quantitative estimate of drug-likeness (QED) is 0.399. The summed E-state index contributed by atoms with van der Waals surface area (Å²) >= 11 is 12.0. The van der Waals surface area contributed by atoms with E-state index >= 15 is 0 Å². The number of nitrogens with one attached hydrogen (secondary N) is 1. The van der Waals surface area contributed by atoms with Crippen LogP contribution in [0.3, 0.4) is 0 Å². The molecule has 1 amide bonds. The van der Waals surface area contributed by atoms with Crippen molar-refractivity contribution >= 4 is 41.3 Å². The van der Waals surface area contributed by atoms with Gasteiger partial charge < -0.3 is 14.2 Å². The first-order chi connectivity index (χ1) is 13.4. The van der Waals surface area contributed by atoms with E-state index < -0.39 is 5.97 Å². The van der Waals surface area contributed by atoms with E-state index in [2.05, 4.69) is 15.3 Å². The Morgan fingerprint density at radius 3 is 2.50 bits per heavy atom. The Morgan fingerprint density at radius 2 is 1.86 bits per heavy atom. The van der Waals surface area contributed by atoms with E-state index in [1.54, 1.807) is 36.4 Å². The number of ether oxygens (including phenoxy) is 3. The van der Waals surface area contributed by atoms with Gasteiger partial charge in [-0.2, -0.15) is 5.10 Å². The molecule has 0 heterocycles. The van der Waals surface area contributed by atoms with E-state index in [1.807, 2.05) is 0 Å². The first-order valence-corrected chi connectivity index (χ1v) is 8.82. The van der Waals surface area contributed by atoms with Crippen LogP contribution in [0.15, 0.2) is 41.5 Å². The molecule has 0 aromatic heterocycles. The number of hydrazone groups is 1. The van der Waals surface area contributed by atoms with Crippen LogP contribution in [-0.2, 0) is 20.7 Å². The maximum atomic E-state index is 11.9. The van der Waals surface area contributed by atoms with E-state index in [0.29, 0.717) is 16.3 Å². The number of hydrogen-bond donors (Lipinski definition) is 1. The van der Waals surface area contributed by atoms with Crippen LogP contribution in [0.4, 0.5) is 0 Å². The van der Waals surface area contributed by atoms with Gasteiger partial charge in [0.25, 0.3) is 0 Å². The molecule has 2 aromatic rings. The normalized spacial score (nSPS) is 10.6. The standard InChI is InChI=1S/C19H18Cl2N2O5/c1-26-16-8-13(7-15(21)19(16)28-11-18(25)27-2)10-22-23-17(24)9-12-3-5-14(20)6-4-12/h3-8,10H,9,11H2,1-2H3,(H,23,24)/b22-10+. The predicted molar refractivity (Wildman–Crippen MR) is 106 cm³/mol. The number of carbonyl (C=O) groups excluding carboxylic acids is 2. The molecular weight excluding hydrogens is 407 g/mol. The lowest BCUT2D eigenvalue weighted by atomic mass is 10.1. The van der Waals surface area contributed by atoms with Gasteiger partial charge in [-0.05, 0) is 35.4 Å². The third-order valence-corrected chi connectivity index (χ3v) is 4.03. The monoisotopic (exact) mass is 424 g/mol. The van der Waals surface area contributed by atoms with Crippen molar-refractivity contribution in [1.29, 1.82) is 0 Å². The van der Waals surface area contributed by atoms with Crippen molar-refractivity contribution < 1.29 is 23.8 Å². The zero-order valence-electron chi connectivity index (χ0n) is 15.2. The molecule has 0 spiro atoms. The van der Waals surface area contributed by atoms with Crippen molar-refractivity contribution in [3.63, 3.8) is 0 Å². The molecule has 28 heavy (non-hydrogen) atoms. The lowest BCUT2D eigenvalue weighted by Gasteiger charge is -2.12. The maximum Gasteiger partial charge on any atom is 0.343 e. The van der Waals surface area contributed by atoms with Crippen LogP contribution in [-0.4, -0.2) is 38.9 Å². The third kappa shape index (κ3) is 6.44. The average molecular weight is 425 g/mol. The van der Waals surface area contributed by atoms with Gasteiger partial charge in [-0.1, -0.05) is 35.3 Å². The first-order valence-electron chi connectivity index (χ1n) is 8.06. The second kappa shape index (κ2) is 10.5. The Morgan fingerprint density at radius 1 is 1.14 bits per heavy atom. The Balaban J connectivity index is 2.00. The second-order valence-electron chi connectivity index (χ2n) is 5.50. The zero-order valence-corrected chi connectivity index (χ0v) is 16.7. The number of rotatable bonds is 8. The molecule has 0 saturated carbocycles.